The second-order valence-corrected chi connectivity index (χ2v) is 6.05. The quantitative estimate of drug-likeness (QED) is 0.816. The molecule has 0 spiro atoms. The van der Waals surface area contributed by atoms with E-state index in [0.29, 0.717) is 0 Å². The summed E-state index contributed by atoms with van der Waals surface area (Å²) in [4.78, 5) is 2.34. The zero-order valence-electron chi connectivity index (χ0n) is 12.2. The van der Waals surface area contributed by atoms with Gasteiger partial charge in [-0.3, -0.25) is 0 Å². The molecular weight excluding hydrogens is 234 g/mol. The predicted octanol–water partition coefficient (Wildman–Crippen LogP) is 3.27. The second-order valence-electron chi connectivity index (χ2n) is 6.05. The van der Waals surface area contributed by atoms with Crippen molar-refractivity contribution in [3.8, 4) is 5.75 Å². The predicted molar refractivity (Wildman–Crippen MR) is 80.0 cm³/mol. The Kier molecular flexibility index (Phi) is 2.79. The van der Waals surface area contributed by atoms with Crippen LogP contribution in [0.15, 0.2) is 30.3 Å². The van der Waals surface area contributed by atoms with Crippen LogP contribution in [0.25, 0.3) is 10.8 Å². The summed E-state index contributed by atoms with van der Waals surface area (Å²) in [5.74, 6) is 0.961. The van der Waals surface area contributed by atoms with Crippen LogP contribution in [0.3, 0.4) is 0 Å². The molecule has 1 aliphatic carbocycles. The molecule has 2 aromatic rings. The third-order valence-electron chi connectivity index (χ3n) is 4.58. The first kappa shape index (κ1) is 12.5. The molecule has 0 N–H and O–H groups in total. The van der Waals surface area contributed by atoms with E-state index in [1.54, 1.807) is 7.11 Å². The highest BCUT2D eigenvalue weighted by atomic mass is 16.5. The van der Waals surface area contributed by atoms with Crippen molar-refractivity contribution in [2.75, 3.05) is 21.2 Å². The number of nitrogens with zero attached hydrogens (tertiary/aromatic N) is 1. The highest BCUT2D eigenvalue weighted by molar-refractivity contribution is 5.91. The van der Waals surface area contributed by atoms with E-state index >= 15 is 0 Å². The lowest BCUT2D eigenvalue weighted by Crippen LogP contribution is -2.46. The second kappa shape index (κ2) is 4.24. The molecule has 1 unspecified atom stereocenters. The normalized spacial score (nSPS) is 21.9. The first-order chi connectivity index (χ1) is 9.03. The molecule has 0 saturated heterocycles. The van der Waals surface area contributed by atoms with Gasteiger partial charge in [0.15, 0.2) is 0 Å². The van der Waals surface area contributed by atoms with Crippen LogP contribution in [0.1, 0.15) is 18.1 Å². The molecule has 1 aliphatic rings. The van der Waals surface area contributed by atoms with Gasteiger partial charge in [0.05, 0.1) is 7.11 Å². The number of hydrogen-bond donors (Lipinski definition) is 0. The molecule has 0 saturated carbocycles. The molecule has 0 fully saturated rings. The molecule has 0 aromatic heterocycles. The van der Waals surface area contributed by atoms with Gasteiger partial charge in [-0.2, -0.15) is 0 Å². The lowest BCUT2D eigenvalue weighted by Gasteiger charge is -2.40. The molecule has 0 bridgehead atoms. The molecule has 2 nitrogen and oxygen atoms in total. The standard InChI is InChI=1S/C17H21NO/c1-17(18(2)3)10-13-7-5-6-12-8-15(19-4)9-14(11-17)16(12)13/h5-9H,10-11H2,1-4H3. The molecule has 1 atom stereocenters. The van der Waals surface area contributed by atoms with Crippen molar-refractivity contribution in [3.05, 3.63) is 41.5 Å². The summed E-state index contributed by atoms with van der Waals surface area (Å²) >= 11 is 0. The van der Waals surface area contributed by atoms with Crippen LogP contribution in [0, 0.1) is 0 Å². The van der Waals surface area contributed by atoms with Gasteiger partial charge in [-0.05, 0) is 67.9 Å². The van der Waals surface area contributed by atoms with Gasteiger partial charge < -0.3 is 9.64 Å². The van der Waals surface area contributed by atoms with E-state index in [0.717, 1.165) is 18.6 Å². The van der Waals surface area contributed by atoms with E-state index in [1.807, 2.05) is 0 Å². The zero-order chi connectivity index (χ0) is 13.6. The van der Waals surface area contributed by atoms with E-state index < -0.39 is 0 Å². The molecule has 0 aliphatic heterocycles. The van der Waals surface area contributed by atoms with Crippen molar-refractivity contribution >= 4 is 10.8 Å². The van der Waals surface area contributed by atoms with Crippen LogP contribution >= 0.6 is 0 Å². The average Bonchev–Trinajstić information content (AvgIpc) is 2.38. The van der Waals surface area contributed by atoms with E-state index in [4.69, 9.17) is 4.74 Å². The largest absolute Gasteiger partial charge is 0.497 e. The van der Waals surface area contributed by atoms with Gasteiger partial charge in [0.1, 0.15) is 5.75 Å². The van der Waals surface area contributed by atoms with Crippen LogP contribution in [-0.2, 0) is 12.8 Å². The highest BCUT2D eigenvalue weighted by Crippen LogP contribution is 2.38. The summed E-state index contributed by atoms with van der Waals surface area (Å²) in [6.07, 6.45) is 2.18. The molecule has 19 heavy (non-hydrogen) atoms. The zero-order valence-corrected chi connectivity index (χ0v) is 12.2. The summed E-state index contributed by atoms with van der Waals surface area (Å²) < 4.78 is 5.44. The lowest BCUT2D eigenvalue weighted by molar-refractivity contribution is 0.169. The molecule has 0 heterocycles. The minimum atomic E-state index is 0.188. The Labute approximate surface area is 115 Å². The van der Waals surface area contributed by atoms with E-state index in [2.05, 4.69) is 56.3 Å². The van der Waals surface area contributed by atoms with E-state index in [9.17, 15) is 0 Å². The number of hydrogen-bond acceptors (Lipinski definition) is 2. The van der Waals surface area contributed by atoms with Crippen molar-refractivity contribution in [1.82, 2.24) is 4.90 Å². The number of methoxy groups -OCH3 is 1. The molecular formula is C17H21NO. The average molecular weight is 255 g/mol. The van der Waals surface area contributed by atoms with Crippen LogP contribution in [0.4, 0.5) is 0 Å². The first-order valence-electron chi connectivity index (χ1n) is 6.79. The number of benzene rings is 2. The number of likely N-dealkylation sites (N-methyl/N-ethyl adjacent to an activating group) is 1. The summed E-state index contributed by atoms with van der Waals surface area (Å²) in [5, 5.41) is 2.73. The Hall–Kier alpha value is -1.54. The maximum absolute atomic E-state index is 5.44. The van der Waals surface area contributed by atoms with Crippen molar-refractivity contribution in [2.45, 2.75) is 25.3 Å². The lowest BCUT2D eigenvalue weighted by atomic mass is 9.77. The highest BCUT2D eigenvalue weighted by Gasteiger charge is 2.33. The van der Waals surface area contributed by atoms with Crippen molar-refractivity contribution in [3.63, 3.8) is 0 Å². The third kappa shape index (κ3) is 1.91. The van der Waals surface area contributed by atoms with Crippen LogP contribution in [0.5, 0.6) is 5.75 Å². The maximum Gasteiger partial charge on any atom is 0.119 e. The molecule has 3 rings (SSSR count). The molecule has 2 aromatic carbocycles. The van der Waals surface area contributed by atoms with Crippen molar-refractivity contribution in [2.24, 2.45) is 0 Å². The van der Waals surface area contributed by atoms with Gasteiger partial charge in [0, 0.05) is 5.54 Å². The topological polar surface area (TPSA) is 12.5 Å². The van der Waals surface area contributed by atoms with Crippen LogP contribution in [-0.4, -0.2) is 31.6 Å². The fraction of sp³-hybridized carbons (Fsp3) is 0.412. The Morgan fingerprint density at radius 2 is 1.84 bits per heavy atom. The summed E-state index contributed by atoms with van der Waals surface area (Å²) in [7, 11) is 6.09. The molecule has 0 radical (unpaired) electrons. The molecule has 2 heteroatoms. The van der Waals surface area contributed by atoms with E-state index in [-0.39, 0.29) is 5.54 Å². The third-order valence-corrected chi connectivity index (χ3v) is 4.58. The van der Waals surface area contributed by atoms with Crippen LogP contribution < -0.4 is 4.74 Å². The van der Waals surface area contributed by atoms with Gasteiger partial charge in [0.25, 0.3) is 0 Å². The van der Waals surface area contributed by atoms with Crippen LogP contribution in [0.2, 0.25) is 0 Å². The van der Waals surface area contributed by atoms with Gasteiger partial charge in [-0.15, -0.1) is 0 Å². The molecule has 100 valence electrons. The summed E-state index contributed by atoms with van der Waals surface area (Å²) in [6.45, 7) is 2.34. The SMILES string of the molecule is COc1cc2c3c(cccc3c1)CC(C)(N(C)C)C2. The fourth-order valence-corrected chi connectivity index (χ4v) is 3.17. The molecule has 0 amide bonds. The Balaban J connectivity index is 2.24. The van der Waals surface area contributed by atoms with Gasteiger partial charge in [0.2, 0.25) is 0 Å². The first-order valence-corrected chi connectivity index (χ1v) is 6.79. The monoisotopic (exact) mass is 255 g/mol. The number of rotatable bonds is 2. The smallest absolute Gasteiger partial charge is 0.119 e. The van der Waals surface area contributed by atoms with Crippen molar-refractivity contribution < 1.29 is 4.74 Å². The summed E-state index contributed by atoms with van der Waals surface area (Å²) in [5.41, 5.74) is 3.05. The fourth-order valence-electron chi connectivity index (χ4n) is 3.17. The maximum atomic E-state index is 5.44. The minimum absolute atomic E-state index is 0.188. The van der Waals surface area contributed by atoms with Gasteiger partial charge in [-0.25, -0.2) is 0 Å². The van der Waals surface area contributed by atoms with Crippen molar-refractivity contribution in [1.29, 1.82) is 0 Å². The Morgan fingerprint density at radius 3 is 2.53 bits per heavy atom. The Bertz CT molecular complexity index is 632. The Morgan fingerprint density at radius 1 is 1.11 bits per heavy atom. The van der Waals surface area contributed by atoms with Gasteiger partial charge in [-0.1, -0.05) is 18.2 Å². The van der Waals surface area contributed by atoms with E-state index in [1.165, 1.54) is 21.9 Å². The number of ether oxygens (including phenoxy) is 1. The van der Waals surface area contributed by atoms with Gasteiger partial charge >= 0.3 is 0 Å². The minimum Gasteiger partial charge on any atom is -0.497 e. The summed E-state index contributed by atoms with van der Waals surface area (Å²) in [6, 6.07) is 10.9.